The third-order valence-corrected chi connectivity index (χ3v) is 2.31. The predicted molar refractivity (Wildman–Crippen MR) is 57.8 cm³/mol. The first-order valence-electron chi connectivity index (χ1n) is 4.81. The quantitative estimate of drug-likeness (QED) is 0.862. The third-order valence-electron chi connectivity index (χ3n) is 2.31. The van der Waals surface area contributed by atoms with Crippen molar-refractivity contribution in [2.75, 3.05) is 0 Å². The van der Waals surface area contributed by atoms with E-state index in [1.165, 1.54) is 18.2 Å². The number of benzene rings is 1. The lowest BCUT2D eigenvalue weighted by Gasteiger charge is -2.07. The number of aryl methyl sites for hydroxylation is 1. The molecule has 1 aromatic rings. The number of carboxylic acid groups (broad SMARTS) is 1. The minimum atomic E-state index is -4.36. The van der Waals surface area contributed by atoms with Gasteiger partial charge in [0.05, 0.1) is 5.56 Å². The number of halogens is 3. The van der Waals surface area contributed by atoms with Crippen LogP contribution in [0.15, 0.2) is 23.8 Å². The second-order valence-electron chi connectivity index (χ2n) is 3.70. The van der Waals surface area contributed by atoms with E-state index in [2.05, 4.69) is 0 Å². The van der Waals surface area contributed by atoms with Crippen LogP contribution in [0.25, 0.3) is 6.08 Å². The van der Waals surface area contributed by atoms with E-state index in [1.54, 1.807) is 6.92 Å². The number of alkyl halides is 3. The van der Waals surface area contributed by atoms with E-state index >= 15 is 0 Å². The van der Waals surface area contributed by atoms with E-state index < -0.39 is 17.7 Å². The SMILES string of the molecule is C/C(=C\c1ccc(C(=O)O)c(C)c1)C(F)(F)F. The average molecular weight is 244 g/mol. The Bertz CT molecular complexity index is 473. The number of aromatic carboxylic acids is 1. The van der Waals surface area contributed by atoms with Gasteiger partial charge in [-0.1, -0.05) is 12.1 Å². The molecule has 0 saturated carbocycles. The van der Waals surface area contributed by atoms with E-state index in [1.807, 2.05) is 0 Å². The van der Waals surface area contributed by atoms with Crippen LogP contribution in [-0.2, 0) is 0 Å². The molecule has 0 aliphatic rings. The Kier molecular flexibility index (Phi) is 3.60. The van der Waals surface area contributed by atoms with E-state index in [4.69, 9.17) is 5.11 Å². The van der Waals surface area contributed by atoms with Gasteiger partial charge in [-0.3, -0.25) is 0 Å². The van der Waals surface area contributed by atoms with Gasteiger partial charge in [-0.05, 0) is 37.1 Å². The van der Waals surface area contributed by atoms with Crippen molar-refractivity contribution in [2.45, 2.75) is 20.0 Å². The summed E-state index contributed by atoms with van der Waals surface area (Å²) in [5, 5.41) is 8.77. The summed E-state index contributed by atoms with van der Waals surface area (Å²) in [4.78, 5) is 10.7. The maximum absolute atomic E-state index is 12.3. The van der Waals surface area contributed by atoms with Crippen LogP contribution >= 0.6 is 0 Å². The van der Waals surface area contributed by atoms with Gasteiger partial charge in [-0.15, -0.1) is 0 Å². The maximum Gasteiger partial charge on any atom is 0.412 e. The minimum absolute atomic E-state index is 0.0896. The molecule has 1 N–H and O–H groups in total. The molecule has 0 aromatic heterocycles. The zero-order valence-corrected chi connectivity index (χ0v) is 9.30. The number of hydrogen-bond donors (Lipinski definition) is 1. The second-order valence-corrected chi connectivity index (χ2v) is 3.70. The molecular weight excluding hydrogens is 233 g/mol. The first kappa shape index (κ1) is 13.3. The number of allylic oxidation sites excluding steroid dienone is 1. The number of hydrogen-bond acceptors (Lipinski definition) is 1. The van der Waals surface area contributed by atoms with Crippen LogP contribution in [0, 0.1) is 6.92 Å². The highest BCUT2D eigenvalue weighted by atomic mass is 19.4. The standard InChI is InChI=1S/C12H11F3O2/c1-7-5-9(3-4-10(7)11(16)17)6-8(2)12(13,14)15/h3-6H,1-2H3,(H,16,17)/b8-6+. The largest absolute Gasteiger partial charge is 0.478 e. The molecule has 1 rings (SSSR count). The van der Waals surface area contributed by atoms with Crippen LogP contribution in [0.2, 0.25) is 0 Å². The Morgan fingerprint density at radius 3 is 2.35 bits per heavy atom. The fourth-order valence-corrected chi connectivity index (χ4v) is 1.35. The molecule has 17 heavy (non-hydrogen) atoms. The molecule has 2 nitrogen and oxygen atoms in total. The monoisotopic (exact) mass is 244 g/mol. The molecule has 0 radical (unpaired) electrons. The number of rotatable bonds is 2. The summed E-state index contributed by atoms with van der Waals surface area (Å²) >= 11 is 0. The Morgan fingerprint density at radius 2 is 1.94 bits per heavy atom. The van der Waals surface area contributed by atoms with E-state index in [0.717, 1.165) is 13.0 Å². The molecule has 0 aliphatic carbocycles. The smallest absolute Gasteiger partial charge is 0.412 e. The van der Waals surface area contributed by atoms with Crippen LogP contribution in [-0.4, -0.2) is 17.3 Å². The van der Waals surface area contributed by atoms with Gasteiger partial charge < -0.3 is 5.11 Å². The Hall–Kier alpha value is -1.78. The summed E-state index contributed by atoms with van der Waals surface area (Å²) in [6.07, 6.45) is -3.38. The molecule has 0 aliphatic heterocycles. The van der Waals surface area contributed by atoms with E-state index in [0.29, 0.717) is 11.1 Å². The Labute approximate surface area is 96.4 Å². The molecule has 0 spiro atoms. The summed E-state index contributed by atoms with van der Waals surface area (Å²) in [5.74, 6) is -1.09. The van der Waals surface area contributed by atoms with Crippen LogP contribution in [0.1, 0.15) is 28.4 Å². The molecular formula is C12H11F3O2. The number of carbonyl (C=O) groups is 1. The van der Waals surface area contributed by atoms with Gasteiger partial charge in [-0.25, -0.2) is 4.79 Å². The topological polar surface area (TPSA) is 37.3 Å². The molecule has 5 heteroatoms. The van der Waals surface area contributed by atoms with Crippen LogP contribution < -0.4 is 0 Å². The third kappa shape index (κ3) is 3.34. The van der Waals surface area contributed by atoms with Gasteiger partial charge in [-0.2, -0.15) is 13.2 Å². The van der Waals surface area contributed by atoms with Crippen molar-refractivity contribution >= 4 is 12.0 Å². The van der Waals surface area contributed by atoms with Crippen molar-refractivity contribution in [1.82, 2.24) is 0 Å². The zero-order valence-electron chi connectivity index (χ0n) is 9.30. The Morgan fingerprint density at radius 1 is 1.35 bits per heavy atom. The van der Waals surface area contributed by atoms with Crippen molar-refractivity contribution in [3.8, 4) is 0 Å². The van der Waals surface area contributed by atoms with Crippen LogP contribution in [0.5, 0.6) is 0 Å². The minimum Gasteiger partial charge on any atom is -0.478 e. The van der Waals surface area contributed by atoms with Crippen molar-refractivity contribution < 1.29 is 23.1 Å². The highest BCUT2D eigenvalue weighted by Gasteiger charge is 2.29. The highest BCUT2D eigenvalue weighted by molar-refractivity contribution is 5.89. The lowest BCUT2D eigenvalue weighted by atomic mass is 10.0. The van der Waals surface area contributed by atoms with E-state index in [-0.39, 0.29) is 5.56 Å². The molecule has 0 unspecified atom stereocenters. The zero-order chi connectivity index (χ0) is 13.2. The summed E-state index contributed by atoms with van der Waals surface area (Å²) in [6.45, 7) is 2.52. The molecule has 1 aromatic carbocycles. The summed E-state index contributed by atoms with van der Waals surface area (Å²) < 4.78 is 36.8. The highest BCUT2D eigenvalue weighted by Crippen LogP contribution is 2.27. The van der Waals surface area contributed by atoms with Gasteiger partial charge in [0.15, 0.2) is 0 Å². The molecule has 92 valence electrons. The van der Waals surface area contributed by atoms with Gasteiger partial charge in [0.2, 0.25) is 0 Å². The molecule has 0 amide bonds. The molecule has 0 bridgehead atoms. The first-order chi connectivity index (χ1) is 7.71. The lowest BCUT2D eigenvalue weighted by Crippen LogP contribution is -2.08. The normalized spacial score (nSPS) is 12.6. The van der Waals surface area contributed by atoms with Gasteiger partial charge in [0.25, 0.3) is 0 Å². The lowest BCUT2D eigenvalue weighted by molar-refractivity contribution is -0.0903. The van der Waals surface area contributed by atoms with Crippen molar-refractivity contribution in [2.24, 2.45) is 0 Å². The van der Waals surface area contributed by atoms with Gasteiger partial charge in [0, 0.05) is 5.57 Å². The van der Waals surface area contributed by atoms with Crippen LogP contribution in [0.3, 0.4) is 0 Å². The van der Waals surface area contributed by atoms with Crippen molar-refractivity contribution in [3.63, 3.8) is 0 Å². The molecule has 0 fully saturated rings. The fourth-order valence-electron chi connectivity index (χ4n) is 1.35. The summed E-state index contributed by atoms with van der Waals surface area (Å²) in [6, 6.07) is 4.07. The van der Waals surface area contributed by atoms with Gasteiger partial charge in [0.1, 0.15) is 0 Å². The average Bonchev–Trinajstić information content (AvgIpc) is 2.15. The van der Waals surface area contributed by atoms with Gasteiger partial charge >= 0.3 is 12.1 Å². The second kappa shape index (κ2) is 4.61. The summed E-state index contributed by atoms with van der Waals surface area (Å²) in [7, 11) is 0. The van der Waals surface area contributed by atoms with Crippen LogP contribution in [0.4, 0.5) is 13.2 Å². The van der Waals surface area contributed by atoms with Crippen molar-refractivity contribution in [1.29, 1.82) is 0 Å². The number of carboxylic acids is 1. The first-order valence-corrected chi connectivity index (χ1v) is 4.81. The molecule has 0 heterocycles. The van der Waals surface area contributed by atoms with Crippen molar-refractivity contribution in [3.05, 3.63) is 40.5 Å². The van der Waals surface area contributed by atoms with E-state index in [9.17, 15) is 18.0 Å². The molecule has 0 saturated heterocycles. The fraction of sp³-hybridized carbons (Fsp3) is 0.250. The summed E-state index contributed by atoms with van der Waals surface area (Å²) in [5.41, 5.74) is 0.135. The molecule has 0 atom stereocenters. The Balaban J connectivity index is 3.12. The maximum atomic E-state index is 12.3. The predicted octanol–water partition coefficient (Wildman–Crippen LogP) is 3.66.